The highest BCUT2D eigenvalue weighted by atomic mass is 32.2. The fourth-order valence-corrected chi connectivity index (χ4v) is 3.27. The number of anilines is 1. The largest absolute Gasteiger partial charge is 0.449 e. The van der Waals surface area contributed by atoms with Gasteiger partial charge in [-0.2, -0.15) is 0 Å². The molecule has 1 aliphatic rings. The number of piperazine rings is 1. The first-order chi connectivity index (χ1) is 13.3. The number of carbonyl (C=O) groups is 3. The number of ether oxygens (including phenoxy) is 1. The van der Waals surface area contributed by atoms with Crippen LogP contribution < -0.4 is 5.32 Å². The van der Waals surface area contributed by atoms with E-state index < -0.39 is 5.25 Å². The van der Waals surface area contributed by atoms with Gasteiger partial charge in [0.25, 0.3) is 0 Å². The number of thioether (sulfide) groups is 1. The van der Waals surface area contributed by atoms with Crippen molar-refractivity contribution in [3.8, 4) is 0 Å². The Bertz CT molecular complexity index is 685. The van der Waals surface area contributed by atoms with Gasteiger partial charge in [0.15, 0.2) is 5.82 Å². The Balaban J connectivity index is 1.69. The van der Waals surface area contributed by atoms with Gasteiger partial charge >= 0.3 is 6.09 Å². The van der Waals surface area contributed by atoms with E-state index in [1.54, 1.807) is 29.7 Å². The predicted molar refractivity (Wildman–Crippen MR) is 106 cm³/mol. The average Bonchev–Trinajstić information content (AvgIpc) is 3.08. The second-order valence-electron chi connectivity index (χ2n) is 7.10. The summed E-state index contributed by atoms with van der Waals surface area (Å²) in [7, 11) is 0. The first-order valence-electron chi connectivity index (χ1n) is 9.31. The van der Waals surface area contributed by atoms with Gasteiger partial charge in [-0.3, -0.25) is 9.59 Å². The van der Waals surface area contributed by atoms with Crippen molar-refractivity contribution in [1.82, 2.24) is 15.0 Å². The summed E-state index contributed by atoms with van der Waals surface area (Å²) in [6.45, 7) is 9.67. The lowest BCUT2D eigenvalue weighted by Gasteiger charge is -2.34. The molecule has 0 spiro atoms. The Kier molecular flexibility index (Phi) is 8.16. The molecule has 156 valence electrons. The van der Waals surface area contributed by atoms with E-state index in [-0.39, 0.29) is 29.6 Å². The fraction of sp³-hybridized carbons (Fsp3) is 0.667. The Morgan fingerprint density at radius 3 is 2.43 bits per heavy atom. The molecule has 1 aromatic rings. The summed E-state index contributed by atoms with van der Waals surface area (Å²) >= 11 is 1.26. The first-order valence-corrected chi connectivity index (χ1v) is 10.4. The van der Waals surface area contributed by atoms with E-state index in [2.05, 4.69) is 10.5 Å². The molecule has 0 aliphatic carbocycles. The second kappa shape index (κ2) is 10.4. The molecule has 1 fully saturated rings. The summed E-state index contributed by atoms with van der Waals surface area (Å²) in [5, 5.41) is 5.96. The number of aromatic nitrogens is 1. The van der Waals surface area contributed by atoms with Gasteiger partial charge in [-0.05, 0) is 19.8 Å². The second-order valence-corrected chi connectivity index (χ2v) is 8.43. The van der Waals surface area contributed by atoms with E-state index >= 15 is 0 Å². The standard InChI is InChI=1S/C18H28N4O5S/c1-12(2)10-26-18(25)22-7-5-21(6-8-22)16(23)11-28-14(4)17(24)19-15-9-13(3)27-20-15/h9,12,14H,5-8,10-11H2,1-4H3,(H,19,20,24). The molecule has 0 bridgehead atoms. The highest BCUT2D eigenvalue weighted by Gasteiger charge is 2.26. The minimum atomic E-state index is -0.409. The van der Waals surface area contributed by atoms with Crippen LogP contribution in [-0.4, -0.2) is 76.7 Å². The van der Waals surface area contributed by atoms with Gasteiger partial charge in [0.2, 0.25) is 11.8 Å². The number of nitrogens with one attached hydrogen (secondary N) is 1. The first kappa shape index (κ1) is 22.1. The normalized spacial score (nSPS) is 15.5. The highest BCUT2D eigenvalue weighted by Crippen LogP contribution is 2.16. The molecule has 10 heteroatoms. The highest BCUT2D eigenvalue weighted by molar-refractivity contribution is 8.01. The van der Waals surface area contributed by atoms with Gasteiger partial charge in [-0.25, -0.2) is 4.79 Å². The van der Waals surface area contributed by atoms with E-state index in [1.165, 1.54) is 11.8 Å². The lowest BCUT2D eigenvalue weighted by atomic mass is 10.2. The molecule has 1 aliphatic heterocycles. The average molecular weight is 413 g/mol. The van der Waals surface area contributed by atoms with Crippen LogP contribution in [0.15, 0.2) is 10.6 Å². The van der Waals surface area contributed by atoms with Crippen LogP contribution in [0.5, 0.6) is 0 Å². The summed E-state index contributed by atoms with van der Waals surface area (Å²) in [5.41, 5.74) is 0. The molecule has 1 saturated heterocycles. The topological polar surface area (TPSA) is 105 Å². The third kappa shape index (κ3) is 6.74. The minimum absolute atomic E-state index is 0.0443. The molecule has 9 nitrogen and oxygen atoms in total. The molecule has 1 N–H and O–H groups in total. The van der Waals surface area contributed by atoms with Crippen molar-refractivity contribution in [1.29, 1.82) is 0 Å². The number of hydrogen-bond acceptors (Lipinski definition) is 7. The van der Waals surface area contributed by atoms with Crippen molar-refractivity contribution < 1.29 is 23.6 Å². The van der Waals surface area contributed by atoms with Gasteiger partial charge < -0.3 is 24.4 Å². The maximum Gasteiger partial charge on any atom is 0.409 e. The van der Waals surface area contributed by atoms with Crippen molar-refractivity contribution in [3.63, 3.8) is 0 Å². The Labute approximate surface area is 169 Å². The van der Waals surface area contributed by atoms with Gasteiger partial charge in [0.05, 0.1) is 17.6 Å². The fourth-order valence-electron chi connectivity index (χ4n) is 2.48. The molecule has 28 heavy (non-hydrogen) atoms. The molecule has 0 aromatic carbocycles. The van der Waals surface area contributed by atoms with Crippen molar-refractivity contribution in [2.75, 3.05) is 43.9 Å². The van der Waals surface area contributed by atoms with Crippen LogP contribution in [-0.2, 0) is 14.3 Å². The maximum absolute atomic E-state index is 12.4. The van der Waals surface area contributed by atoms with Crippen molar-refractivity contribution in [2.24, 2.45) is 5.92 Å². The van der Waals surface area contributed by atoms with Crippen LogP contribution in [0.25, 0.3) is 0 Å². The Morgan fingerprint density at radius 1 is 1.21 bits per heavy atom. The van der Waals surface area contributed by atoms with E-state index in [9.17, 15) is 14.4 Å². The lowest BCUT2D eigenvalue weighted by molar-refractivity contribution is -0.129. The van der Waals surface area contributed by atoms with Gasteiger partial charge in [0.1, 0.15) is 5.76 Å². The van der Waals surface area contributed by atoms with Gasteiger partial charge in [0, 0.05) is 32.2 Å². The molecule has 2 rings (SSSR count). The molecular formula is C18H28N4O5S. The number of amides is 3. The zero-order valence-electron chi connectivity index (χ0n) is 16.8. The van der Waals surface area contributed by atoms with Crippen LogP contribution >= 0.6 is 11.8 Å². The van der Waals surface area contributed by atoms with Gasteiger partial charge in [-0.1, -0.05) is 19.0 Å². The van der Waals surface area contributed by atoms with Crippen LogP contribution in [0.2, 0.25) is 0 Å². The zero-order valence-corrected chi connectivity index (χ0v) is 17.6. The Hall–Kier alpha value is -2.23. The van der Waals surface area contributed by atoms with E-state index in [1.807, 2.05) is 13.8 Å². The zero-order chi connectivity index (χ0) is 20.7. The van der Waals surface area contributed by atoms with Crippen LogP contribution in [0.4, 0.5) is 10.6 Å². The number of rotatable bonds is 7. The summed E-state index contributed by atoms with van der Waals surface area (Å²) in [6, 6.07) is 1.63. The minimum Gasteiger partial charge on any atom is -0.449 e. The van der Waals surface area contributed by atoms with Crippen molar-refractivity contribution >= 4 is 35.5 Å². The number of nitrogens with zero attached hydrogens (tertiary/aromatic N) is 3. The number of aryl methyl sites for hydroxylation is 1. The smallest absolute Gasteiger partial charge is 0.409 e. The molecule has 2 heterocycles. The van der Waals surface area contributed by atoms with Crippen LogP contribution in [0.1, 0.15) is 26.5 Å². The quantitative estimate of drug-likeness (QED) is 0.730. The molecule has 1 unspecified atom stereocenters. The van der Waals surface area contributed by atoms with Crippen molar-refractivity contribution in [3.05, 3.63) is 11.8 Å². The lowest BCUT2D eigenvalue weighted by Crippen LogP contribution is -2.51. The summed E-state index contributed by atoms with van der Waals surface area (Å²) in [6.07, 6.45) is -0.330. The molecule has 1 aromatic heterocycles. The van der Waals surface area contributed by atoms with E-state index in [4.69, 9.17) is 9.26 Å². The van der Waals surface area contributed by atoms with E-state index in [0.717, 1.165) is 0 Å². The maximum atomic E-state index is 12.4. The third-order valence-electron chi connectivity index (χ3n) is 4.14. The summed E-state index contributed by atoms with van der Waals surface area (Å²) < 4.78 is 10.1. The molecule has 3 amide bonds. The third-order valence-corrected chi connectivity index (χ3v) is 5.26. The van der Waals surface area contributed by atoms with Crippen molar-refractivity contribution in [2.45, 2.75) is 32.9 Å². The Morgan fingerprint density at radius 2 is 1.86 bits per heavy atom. The number of carbonyl (C=O) groups excluding carboxylic acids is 3. The monoisotopic (exact) mass is 412 g/mol. The summed E-state index contributed by atoms with van der Waals surface area (Å²) in [4.78, 5) is 39.8. The van der Waals surface area contributed by atoms with Gasteiger partial charge in [-0.15, -0.1) is 11.8 Å². The van der Waals surface area contributed by atoms with Crippen LogP contribution in [0.3, 0.4) is 0 Å². The van der Waals surface area contributed by atoms with E-state index in [0.29, 0.717) is 44.4 Å². The number of hydrogen-bond donors (Lipinski definition) is 1. The molecule has 0 radical (unpaired) electrons. The molecule has 1 atom stereocenters. The van der Waals surface area contributed by atoms with Crippen LogP contribution in [0, 0.1) is 12.8 Å². The SMILES string of the molecule is Cc1cc(NC(=O)C(C)SCC(=O)N2CCN(C(=O)OCC(C)C)CC2)no1. The molecular weight excluding hydrogens is 384 g/mol. The summed E-state index contributed by atoms with van der Waals surface area (Å²) in [5.74, 6) is 1.18. The predicted octanol–water partition coefficient (Wildman–Crippen LogP) is 1.98. The molecule has 0 saturated carbocycles.